The van der Waals surface area contributed by atoms with Gasteiger partial charge in [0.1, 0.15) is 11.8 Å². The maximum absolute atomic E-state index is 11.3. The highest BCUT2D eigenvalue weighted by molar-refractivity contribution is 5.65. The first-order valence-corrected chi connectivity index (χ1v) is 8.33. The third kappa shape index (κ3) is 3.80. The lowest BCUT2D eigenvalue weighted by Crippen LogP contribution is -2.34. The summed E-state index contributed by atoms with van der Waals surface area (Å²) in [5, 5.41) is 25.4. The summed E-state index contributed by atoms with van der Waals surface area (Å²) in [7, 11) is 0. The van der Waals surface area contributed by atoms with Crippen LogP contribution >= 0.6 is 0 Å². The molecule has 2 aromatic rings. The van der Waals surface area contributed by atoms with E-state index in [1.807, 2.05) is 31.2 Å². The molecule has 1 aliphatic heterocycles. The number of non-ortho nitro benzene ring substituents is 1. The van der Waals surface area contributed by atoms with E-state index in [-0.39, 0.29) is 29.2 Å². The van der Waals surface area contributed by atoms with Crippen LogP contribution in [0.25, 0.3) is 0 Å². The van der Waals surface area contributed by atoms with Crippen LogP contribution in [-0.4, -0.2) is 22.5 Å². The molecule has 1 heterocycles. The van der Waals surface area contributed by atoms with Crippen LogP contribution in [-0.2, 0) is 4.74 Å². The monoisotopic (exact) mass is 357 g/mol. The normalized spacial score (nSPS) is 19.7. The van der Waals surface area contributed by atoms with Crippen LogP contribution in [0.5, 0.6) is 0 Å². The second kappa shape index (κ2) is 7.49. The minimum absolute atomic E-state index is 0.161. The predicted octanol–water partition coefficient (Wildman–Crippen LogP) is 4.14. The Balaban J connectivity index is 1.89. The summed E-state index contributed by atoms with van der Waals surface area (Å²) in [5.41, 5.74) is 1.77. The smallest absolute Gasteiger partial charge is 0.299 e. The van der Waals surface area contributed by atoms with Crippen LogP contribution in [0, 0.1) is 27.2 Å². The van der Waals surface area contributed by atoms with Crippen LogP contribution in [0.1, 0.15) is 30.1 Å². The largest absolute Gasteiger partial charge is 0.374 e. The van der Waals surface area contributed by atoms with E-state index in [9.17, 15) is 20.2 Å². The van der Waals surface area contributed by atoms with Crippen LogP contribution in [0.2, 0.25) is 0 Å². The van der Waals surface area contributed by atoms with Gasteiger partial charge in [0, 0.05) is 12.7 Å². The molecule has 0 radical (unpaired) electrons. The summed E-state index contributed by atoms with van der Waals surface area (Å²) < 4.78 is 5.91. The van der Waals surface area contributed by atoms with Crippen molar-refractivity contribution in [1.29, 1.82) is 0 Å². The van der Waals surface area contributed by atoms with Gasteiger partial charge < -0.3 is 10.1 Å². The summed E-state index contributed by atoms with van der Waals surface area (Å²) >= 11 is 0. The van der Waals surface area contributed by atoms with E-state index in [1.165, 1.54) is 12.1 Å². The molecule has 136 valence electrons. The van der Waals surface area contributed by atoms with Crippen molar-refractivity contribution in [2.75, 3.05) is 11.9 Å². The zero-order chi connectivity index (χ0) is 18.7. The molecule has 0 spiro atoms. The molecule has 1 aliphatic rings. The van der Waals surface area contributed by atoms with Gasteiger partial charge in [-0.1, -0.05) is 29.8 Å². The minimum atomic E-state index is -0.643. The van der Waals surface area contributed by atoms with Crippen molar-refractivity contribution in [1.82, 2.24) is 0 Å². The molecule has 1 fully saturated rings. The van der Waals surface area contributed by atoms with Crippen molar-refractivity contribution < 1.29 is 14.6 Å². The maximum Gasteiger partial charge on any atom is 0.299 e. The van der Waals surface area contributed by atoms with E-state index in [0.717, 1.165) is 30.0 Å². The van der Waals surface area contributed by atoms with Gasteiger partial charge in [-0.3, -0.25) is 20.2 Å². The predicted molar refractivity (Wildman–Crippen MR) is 96.3 cm³/mol. The summed E-state index contributed by atoms with van der Waals surface area (Å²) in [5.74, 6) is 0. The number of rotatable bonds is 5. The molecule has 0 aromatic heterocycles. The number of benzene rings is 2. The lowest BCUT2D eigenvalue weighted by molar-refractivity contribution is -0.393. The van der Waals surface area contributed by atoms with Crippen molar-refractivity contribution in [3.05, 3.63) is 73.8 Å². The van der Waals surface area contributed by atoms with Gasteiger partial charge in [-0.25, -0.2) is 0 Å². The zero-order valence-corrected chi connectivity index (χ0v) is 14.3. The van der Waals surface area contributed by atoms with E-state index >= 15 is 0 Å². The van der Waals surface area contributed by atoms with Gasteiger partial charge in [-0.05, 0) is 31.4 Å². The van der Waals surface area contributed by atoms with Crippen LogP contribution in [0.15, 0.2) is 42.5 Å². The molecule has 8 heteroatoms. The SMILES string of the molecule is Cc1ccc([C@@H]2OCCC[C@@H]2Nc2ccc([N+](=O)[O-])cc2[N+](=O)[O-])cc1. The van der Waals surface area contributed by atoms with E-state index in [1.54, 1.807) is 0 Å². The Hall–Kier alpha value is -3.00. The van der Waals surface area contributed by atoms with Gasteiger partial charge in [0.15, 0.2) is 0 Å². The van der Waals surface area contributed by atoms with Gasteiger partial charge in [-0.15, -0.1) is 0 Å². The first-order chi connectivity index (χ1) is 12.5. The Morgan fingerprint density at radius 3 is 2.46 bits per heavy atom. The molecule has 1 saturated heterocycles. The number of ether oxygens (including phenoxy) is 1. The minimum Gasteiger partial charge on any atom is -0.374 e. The summed E-state index contributed by atoms with van der Waals surface area (Å²) in [4.78, 5) is 21.0. The summed E-state index contributed by atoms with van der Waals surface area (Å²) in [6.45, 7) is 2.63. The van der Waals surface area contributed by atoms with Gasteiger partial charge >= 0.3 is 0 Å². The molecular formula is C18H19N3O5. The van der Waals surface area contributed by atoms with Crippen molar-refractivity contribution in [3.63, 3.8) is 0 Å². The number of nitro benzene ring substituents is 2. The number of hydrogen-bond donors (Lipinski definition) is 1. The molecular weight excluding hydrogens is 338 g/mol. The van der Waals surface area contributed by atoms with Crippen molar-refractivity contribution in [3.8, 4) is 0 Å². The Labute approximate surface area is 150 Å². The summed E-state index contributed by atoms with van der Waals surface area (Å²) in [6, 6.07) is 11.4. The van der Waals surface area contributed by atoms with Gasteiger partial charge in [0.2, 0.25) is 0 Å². The Morgan fingerprint density at radius 2 is 1.81 bits per heavy atom. The molecule has 3 rings (SSSR count). The quantitative estimate of drug-likeness (QED) is 0.636. The topological polar surface area (TPSA) is 108 Å². The average molecular weight is 357 g/mol. The molecule has 26 heavy (non-hydrogen) atoms. The highest BCUT2D eigenvalue weighted by Gasteiger charge is 2.30. The molecule has 1 N–H and O–H groups in total. The number of nitrogens with zero attached hydrogens (tertiary/aromatic N) is 2. The highest BCUT2D eigenvalue weighted by atomic mass is 16.6. The van der Waals surface area contributed by atoms with E-state index in [0.29, 0.717) is 6.61 Å². The molecule has 0 saturated carbocycles. The van der Waals surface area contributed by atoms with E-state index < -0.39 is 9.85 Å². The first kappa shape index (κ1) is 17.8. The lowest BCUT2D eigenvalue weighted by Gasteiger charge is -2.33. The fourth-order valence-corrected chi connectivity index (χ4v) is 3.12. The van der Waals surface area contributed by atoms with Crippen molar-refractivity contribution in [2.24, 2.45) is 0 Å². The molecule has 0 aliphatic carbocycles. The third-order valence-electron chi connectivity index (χ3n) is 4.46. The standard InChI is InChI=1S/C18H19N3O5/c1-12-4-6-13(7-5-12)18-16(3-2-10-26-18)19-15-9-8-14(20(22)23)11-17(15)21(24)25/h4-9,11,16,18-19H,2-3,10H2,1H3/t16-,18-/m0/s1. The molecule has 2 atom stereocenters. The fourth-order valence-electron chi connectivity index (χ4n) is 3.12. The van der Waals surface area contributed by atoms with Crippen molar-refractivity contribution in [2.45, 2.75) is 31.9 Å². The maximum atomic E-state index is 11.3. The number of anilines is 1. The number of nitrogens with one attached hydrogen (secondary N) is 1. The molecule has 0 amide bonds. The average Bonchev–Trinajstić information content (AvgIpc) is 2.63. The molecule has 8 nitrogen and oxygen atoms in total. The number of aryl methyl sites for hydroxylation is 1. The number of nitro groups is 2. The zero-order valence-electron chi connectivity index (χ0n) is 14.3. The molecule has 0 bridgehead atoms. The summed E-state index contributed by atoms with van der Waals surface area (Å²) in [6.07, 6.45) is 1.38. The third-order valence-corrected chi connectivity index (χ3v) is 4.46. The Bertz CT molecular complexity index is 822. The lowest BCUT2D eigenvalue weighted by atomic mass is 9.95. The van der Waals surface area contributed by atoms with Crippen molar-refractivity contribution >= 4 is 17.1 Å². The van der Waals surface area contributed by atoms with Crippen LogP contribution < -0.4 is 5.32 Å². The fraction of sp³-hybridized carbons (Fsp3) is 0.333. The van der Waals surface area contributed by atoms with E-state index in [2.05, 4.69) is 5.32 Å². The molecule has 2 aromatic carbocycles. The Kier molecular flexibility index (Phi) is 5.13. The Morgan fingerprint density at radius 1 is 1.08 bits per heavy atom. The molecule has 0 unspecified atom stereocenters. The van der Waals surface area contributed by atoms with Gasteiger partial charge in [0.25, 0.3) is 11.4 Å². The van der Waals surface area contributed by atoms with Gasteiger partial charge in [0.05, 0.1) is 22.0 Å². The second-order valence-electron chi connectivity index (χ2n) is 6.31. The van der Waals surface area contributed by atoms with Crippen LogP contribution in [0.3, 0.4) is 0 Å². The first-order valence-electron chi connectivity index (χ1n) is 8.33. The second-order valence-corrected chi connectivity index (χ2v) is 6.31. The highest BCUT2D eigenvalue weighted by Crippen LogP contribution is 2.35. The van der Waals surface area contributed by atoms with Crippen LogP contribution in [0.4, 0.5) is 17.1 Å². The van der Waals surface area contributed by atoms with E-state index in [4.69, 9.17) is 4.74 Å². The van der Waals surface area contributed by atoms with Gasteiger partial charge in [-0.2, -0.15) is 0 Å². The number of hydrogen-bond acceptors (Lipinski definition) is 6.